The summed E-state index contributed by atoms with van der Waals surface area (Å²) >= 11 is 0. The van der Waals surface area contributed by atoms with Gasteiger partial charge in [0.15, 0.2) is 9.84 Å². The normalized spacial score (nSPS) is 11.4. The molecule has 8 heteroatoms. The number of anilines is 1. The summed E-state index contributed by atoms with van der Waals surface area (Å²) in [6.07, 6.45) is 3.47. The molecule has 1 aromatic heterocycles. The quantitative estimate of drug-likeness (QED) is 0.693. The summed E-state index contributed by atoms with van der Waals surface area (Å²) in [4.78, 5) is 11.3. The van der Waals surface area contributed by atoms with E-state index in [0.29, 0.717) is 12.1 Å². The Morgan fingerprint density at radius 1 is 1.50 bits per heavy atom. The van der Waals surface area contributed by atoms with Crippen molar-refractivity contribution in [3.05, 3.63) is 12.4 Å². The zero-order valence-electron chi connectivity index (χ0n) is 10.2. The Kier molecular flexibility index (Phi) is 5.14. The summed E-state index contributed by atoms with van der Waals surface area (Å²) in [5.74, 6) is -0.571. The maximum Gasteiger partial charge on any atom is 0.327 e. The Balaban J connectivity index is 2.30. The lowest BCUT2D eigenvalue weighted by Crippen LogP contribution is -2.20. The summed E-state index contributed by atoms with van der Waals surface area (Å²) in [5, 5.41) is 3.81. The predicted molar refractivity (Wildman–Crippen MR) is 66.5 cm³/mol. The average Bonchev–Trinajstić information content (AvgIpc) is 2.63. The van der Waals surface area contributed by atoms with E-state index in [9.17, 15) is 13.2 Å². The number of carbonyl (C=O) groups is 1. The number of nitrogen functional groups attached to an aromatic ring is 1. The van der Waals surface area contributed by atoms with E-state index in [4.69, 9.17) is 10.5 Å². The van der Waals surface area contributed by atoms with Gasteiger partial charge in [0, 0.05) is 6.20 Å². The van der Waals surface area contributed by atoms with Gasteiger partial charge in [0.25, 0.3) is 0 Å². The largest absolute Gasteiger partial charge is 0.463 e. The highest BCUT2D eigenvalue weighted by molar-refractivity contribution is 7.91. The number of ether oxygens (including phenoxy) is 1. The minimum absolute atomic E-state index is 0.0783. The molecule has 0 aliphatic carbocycles. The van der Waals surface area contributed by atoms with Gasteiger partial charge in [-0.05, 0) is 6.42 Å². The predicted octanol–water partition coefficient (Wildman–Crippen LogP) is -0.167. The van der Waals surface area contributed by atoms with Gasteiger partial charge >= 0.3 is 5.97 Å². The van der Waals surface area contributed by atoms with E-state index in [0.717, 1.165) is 0 Å². The van der Waals surface area contributed by atoms with E-state index in [1.54, 1.807) is 6.92 Å². The van der Waals surface area contributed by atoms with Crippen LogP contribution in [0.25, 0.3) is 0 Å². The number of carbonyl (C=O) groups excluding carboxylic acids is 1. The average molecular weight is 275 g/mol. The molecule has 0 saturated carbocycles. The topological polar surface area (TPSA) is 104 Å². The van der Waals surface area contributed by atoms with E-state index in [1.165, 1.54) is 17.1 Å². The van der Waals surface area contributed by atoms with Gasteiger partial charge in [-0.3, -0.25) is 9.48 Å². The molecule has 0 bridgehead atoms. The molecule has 0 atom stereocenters. The van der Waals surface area contributed by atoms with Crippen LogP contribution in [0.15, 0.2) is 12.4 Å². The molecule has 102 valence electrons. The van der Waals surface area contributed by atoms with Gasteiger partial charge in [0.1, 0.15) is 13.2 Å². The van der Waals surface area contributed by atoms with Gasteiger partial charge < -0.3 is 10.5 Å². The molecule has 1 rings (SSSR count). The summed E-state index contributed by atoms with van der Waals surface area (Å²) in [5.41, 5.74) is 5.88. The Morgan fingerprint density at radius 2 is 2.22 bits per heavy atom. The van der Waals surface area contributed by atoms with Crippen LogP contribution in [0.4, 0.5) is 5.69 Å². The molecule has 7 nitrogen and oxygen atoms in total. The molecule has 1 aromatic rings. The van der Waals surface area contributed by atoms with Crippen LogP contribution in [0, 0.1) is 0 Å². The molecule has 0 fully saturated rings. The van der Waals surface area contributed by atoms with Gasteiger partial charge in [-0.25, -0.2) is 8.42 Å². The first-order valence-electron chi connectivity index (χ1n) is 5.57. The molecule has 0 aliphatic heterocycles. The SMILES string of the molecule is CCCS(=O)(=O)CCOC(=O)Cn1cc(N)cn1. The molecule has 0 aromatic carbocycles. The van der Waals surface area contributed by atoms with Crippen LogP contribution in [0.5, 0.6) is 0 Å². The summed E-state index contributed by atoms with van der Waals surface area (Å²) < 4.78 is 28.8. The fourth-order valence-electron chi connectivity index (χ4n) is 1.34. The standard InChI is InChI=1S/C10H17N3O4S/c1-2-4-18(15,16)5-3-17-10(14)8-13-7-9(11)6-12-13/h6-7H,2-5,8,11H2,1H3. The maximum atomic E-state index is 11.3. The maximum absolute atomic E-state index is 11.3. The number of sulfone groups is 1. The van der Waals surface area contributed by atoms with Gasteiger partial charge in [-0.2, -0.15) is 5.10 Å². The zero-order chi connectivity index (χ0) is 13.6. The molecular weight excluding hydrogens is 258 g/mol. The van der Waals surface area contributed by atoms with Gasteiger partial charge in [-0.15, -0.1) is 0 Å². The van der Waals surface area contributed by atoms with E-state index < -0.39 is 15.8 Å². The highest BCUT2D eigenvalue weighted by Gasteiger charge is 2.11. The van der Waals surface area contributed by atoms with Crippen molar-refractivity contribution < 1.29 is 17.9 Å². The van der Waals surface area contributed by atoms with Crippen molar-refractivity contribution in [1.82, 2.24) is 9.78 Å². The highest BCUT2D eigenvalue weighted by Crippen LogP contribution is 1.99. The zero-order valence-corrected chi connectivity index (χ0v) is 11.0. The molecule has 0 aliphatic rings. The monoisotopic (exact) mass is 275 g/mol. The van der Waals surface area contributed by atoms with Crippen molar-refractivity contribution in [1.29, 1.82) is 0 Å². The highest BCUT2D eigenvalue weighted by atomic mass is 32.2. The van der Waals surface area contributed by atoms with E-state index in [1.807, 2.05) is 0 Å². The first kappa shape index (κ1) is 14.5. The van der Waals surface area contributed by atoms with Gasteiger partial charge in [-0.1, -0.05) is 6.92 Å². The number of nitrogens with zero attached hydrogens (tertiary/aromatic N) is 2. The Labute approximate surface area is 106 Å². The fourth-order valence-corrected chi connectivity index (χ4v) is 2.50. The lowest BCUT2D eigenvalue weighted by molar-refractivity contribution is -0.143. The number of hydrogen-bond donors (Lipinski definition) is 1. The third-order valence-electron chi connectivity index (χ3n) is 2.12. The first-order chi connectivity index (χ1) is 8.43. The van der Waals surface area contributed by atoms with Gasteiger partial charge in [0.2, 0.25) is 0 Å². The second kappa shape index (κ2) is 6.39. The fraction of sp³-hybridized carbons (Fsp3) is 0.600. The Hall–Kier alpha value is -1.57. The van der Waals surface area contributed by atoms with Crippen LogP contribution in [-0.2, 0) is 25.9 Å². The van der Waals surface area contributed by atoms with Crippen molar-refractivity contribution in [3.8, 4) is 0 Å². The molecule has 1 heterocycles. The number of aromatic nitrogens is 2. The molecule has 2 N–H and O–H groups in total. The molecular formula is C10H17N3O4S. The molecule has 18 heavy (non-hydrogen) atoms. The first-order valence-corrected chi connectivity index (χ1v) is 7.39. The van der Waals surface area contributed by atoms with Gasteiger partial charge in [0.05, 0.1) is 23.4 Å². The van der Waals surface area contributed by atoms with Crippen LogP contribution < -0.4 is 5.73 Å². The van der Waals surface area contributed by atoms with Crippen molar-refractivity contribution in [2.45, 2.75) is 19.9 Å². The number of esters is 1. The molecule has 0 saturated heterocycles. The van der Waals surface area contributed by atoms with E-state index in [-0.39, 0.29) is 24.7 Å². The van der Waals surface area contributed by atoms with Crippen LogP contribution in [0.2, 0.25) is 0 Å². The smallest absolute Gasteiger partial charge is 0.327 e. The summed E-state index contributed by atoms with van der Waals surface area (Å²) in [6.45, 7) is 1.58. The lowest BCUT2D eigenvalue weighted by Gasteiger charge is -2.05. The minimum atomic E-state index is -3.12. The van der Waals surface area contributed by atoms with Crippen LogP contribution in [0.3, 0.4) is 0 Å². The molecule has 0 radical (unpaired) electrons. The number of nitrogens with two attached hydrogens (primary N) is 1. The van der Waals surface area contributed by atoms with E-state index >= 15 is 0 Å². The summed E-state index contributed by atoms with van der Waals surface area (Å²) in [7, 11) is -3.12. The van der Waals surface area contributed by atoms with Crippen molar-refractivity contribution >= 4 is 21.5 Å². The second-order valence-electron chi connectivity index (χ2n) is 3.84. The van der Waals surface area contributed by atoms with Crippen molar-refractivity contribution in [3.63, 3.8) is 0 Å². The molecule has 0 amide bonds. The van der Waals surface area contributed by atoms with Crippen LogP contribution >= 0.6 is 0 Å². The number of hydrogen-bond acceptors (Lipinski definition) is 6. The lowest BCUT2D eigenvalue weighted by atomic mass is 10.6. The molecule has 0 spiro atoms. The van der Waals surface area contributed by atoms with Crippen LogP contribution in [0.1, 0.15) is 13.3 Å². The minimum Gasteiger partial charge on any atom is -0.463 e. The number of rotatable bonds is 7. The van der Waals surface area contributed by atoms with Crippen molar-refractivity contribution in [2.24, 2.45) is 0 Å². The third kappa shape index (κ3) is 5.17. The summed E-state index contributed by atoms with van der Waals surface area (Å²) in [6, 6.07) is 0. The van der Waals surface area contributed by atoms with Crippen molar-refractivity contribution in [2.75, 3.05) is 23.8 Å². The Bertz CT molecular complexity index is 495. The van der Waals surface area contributed by atoms with E-state index in [2.05, 4.69) is 5.10 Å². The van der Waals surface area contributed by atoms with Crippen LogP contribution in [-0.4, -0.2) is 42.3 Å². The second-order valence-corrected chi connectivity index (χ2v) is 6.15. The Morgan fingerprint density at radius 3 is 2.78 bits per heavy atom. The third-order valence-corrected chi connectivity index (χ3v) is 3.94. The molecule has 0 unspecified atom stereocenters.